The molecule has 0 atom stereocenters. The van der Waals surface area contributed by atoms with Gasteiger partial charge in [-0.05, 0) is 41.8 Å². The summed E-state index contributed by atoms with van der Waals surface area (Å²) in [6.07, 6.45) is 2.59. The van der Waals surface area contributed by atoms with Gasteiger partial charge in [-0.2, -0.15) is 0 Å². The summed E-state index contributed by atoms with van der Waals surface area (Å²) in [5, 5.41) is 1.11. The quantitative estimate of drug-likeness (QED) is 0.727. The summed E-state index contributed by atoms with van der Waals surface area (Å²) in [4.78, 5) is 14.0. The number of pyridine rings is 1. The van der Waals surface area contributed by atoms with Crippen LogP contribution in [0.3, 0.4) is 0 Å². The molecule has 1 N–H and O–H groups in total. The van der Waals surface area contributed by atoms with E-state index in [0.29, 0.717) is 0 Å². The van der Waals surface area contributed by atoms with Crippen LogP contribution in [0, 0.1) is 0 Å². The van der Waals surface area contributed by atoms with Gasteiger partial charge in [-0.15, -0.1) is 0 Å². The van der Waals surface area contributed by atoms with E-state index in [1.807, 2.05) is 6.07 Å². The first-order valence-corrected chi connectivity index (χ1v) is 4.96. The third-order valence-corrected chi connectivity index (χ3v) is 2.80. The van der Waals surface area contributed by atoms with Crippen LogP contribution in [0.15, 0.2) is 35.1 Å². The summed E-state index contributed by atoms with van der Waals surface area (Å²) in [7, 11) is 0. The third kappa shape index (κ3) is 1.23. The Balaban J connectivity index is 2.25. The van der Waals surface area contributed by atoms with Crippen molar-refractivity contribution in [2.45, 2.75) is 18.8 Å². The Kier molecular flexibility index (Phi) is 1.51. The Bertz CT molecular complexity index is 537. The number of fused-ring (bicyclic) bond motifs is 1. The Morgan fingerprint density at radius 3 is 2.71 bits per heavy atom. The number of aromatic nitrogens is 1. The van der Waals surface area contributed by atoms with Gasteiger partial charge in [-0.1, -0.05) is 12.1 Å². The van der Waals surface area contributed by atoms with E-state index in [1.54, 1.807) is 6.07 Å². The van der Waals surface area contributed by atoms with Gasteiger partial charge in [0.25, 0.3) is 0 Å². The lowest BCUT2D eigenvalue weighted by Crippen LogP contribution is -2.02. The maximum atomic E-state index is 11.1. The molecule has 1 heterocycles. The fraction of sp³-hybridized carbons (Fsp3) is 0.250. The monoisotopic (exact) mass is 185 g/mol. The molecule has 0 saturated heterocycles. The highest BCUT2D eigenvalue weighted by atomic mass is 16.1. The van der Waals surface area contributed by atoms with Crippen molar-refractivity contribution in [1.82, 2.24) is 4.98 Å². The third-order valence-electron chi connectivity index (χ3n) is 2.80. The van der Waals surface area contributed by atoms with Crippen LogP contribution >= 0.6 is 0 Å². The van der Waals surface area contributed by atoms with E-state index in [2.05, 4.69) is 23.2 Å². The largest absolute Gasteiger partial charge is 0.322 e. The van der Waals surface area contributed by atoms with Crippen molar-refractivity contribution in [2.75, 3.05) is 0 Å². The summed E-state index contributed by atoms with van der Waals surface area (Å²) >= 11 is 0. The molecule has 1 aromatic carbocycles. The Labute approximate surface area is 81.6 Å². The first kappa shape index (κ1) is 7.80. The van der Waals surface area contributed by atoms with Crippen molar-refractivity contribution >= 4 is 10.9 Å². The van der Waals surface area contributed by atoms with E-state index in [1.165, 1.54) is 18.4 Å². The molecule has 1 aromatic heterocycles. The summed E-state index contributed by atoms with van der Waals surface area (Å²) in [6.45, 7) is 0. The normalized spacial score (nSPS) is 16.0. The van der Waals surface area contributed by atoms with Crippen LogP contribution in [0.1, 0.15) is 24.3 Å². The SMILES string of the molecule is O=c1ccc2ccc(C3CC3)cc2[nH]1. The molecule has 0 bridgehead atoms. The molecule has 1 aliphatic carbocycles. The van der Waals surface area contributed by atoms with Gasteiger partial charge in [-0.25, -0.2) is 0 Å². The highest BCUT2D eigenvalue weighted by Crippen LogP contribution is 2.40. The molecule has 2 nitrogen and oxygen atoms in total. The molecule has 2 aromatic rings. The molecule has 3 rings (SSSR count). The average Bonchev–Trinajstić information content (AvgIpc) is 3.00. The van der Waals surface area contributed by atoms with Crippen LogP contribution in [-0.2, 0) is 0 Å². The van der Waals surface area contributed by atoms with Crippen molar-refractivity contribution in [3.8, 4) is 0 Å². The Morgan fingerprint density at radius 2 is 1.93 bits per heavy atom. The zero-order valence-corrected chi connectivity index (χ0v) is 7.79. The lowest BCUT2D eigenvalue weighted by molar-refractivity contribution is 1.13. The number of benzene rings is 1. The zero-order valence-electron chi connectivity index (χ0n) is 7.79. The van der Waals surface area contributed by atoms with E-state index < -0.39 is 0 Å². The molecule has 0 amide bonds. The summed E-state index contributed by atoms with van der Waals surface area (Å²) in [5.41, 5.74) is 2.30. The maximum absolute atomic E-state index is 11.1. The number of hydrogen-bond donors (Lipinski definition) is 1. The number of H-pyrrole nitrogens is 1. The highest BCUT2D eigenvalue weighted by Gasteiger charge is 2.23. The molecular weight excluding hydrogens is 174 g/mol. The fourth-order valence-corrected chi connectivity index (χ4v) is 1.84. The molecule has 0 aliphatic heterocycles. The second kappa shape index (κ2) is 2.71. The van der Waals surface area contributed by atoms with Crippen LogP contribution in [0.4, 0.5) is 0 Å². The minimum Gasteiger partial charge on any atom is -0.322 e. The van der Waals surface area contributed by atoms with Gasteiger partial charge in [0.2, 0.25) is 5.56 Å². The average molecular weight is 185 g/mol. The fourth-order valence-electron chi connectivity index (χ4n) is 1.84. The molecule has 0 spiro atoms. The molecule has 1 fully saturated rings. The Hall–Kier alpha value is -1.57. The second-order valence-corrected chi connectivity index (χ2v) is 3.94. The van der Waals surface area contributed by atoms with Crippen LogP contribution in [0.25, 0.3) is 10.9 Å². The molecule has 2 heteroatoms. The minimum atomic E-state index is -0.0227. The lowest BCUT2D eigenvalue weighted by atomic mass is 10.1. The maximum Gasteiger partial charge on any atom is 0.248 e. The highest BCUT2D eigenvalue weighted by molar-refractivity contribution is 5.79. The summed E-state index contributed by atoms with van der Waals surface area (Å²) in [6, 6.07) is 9.79. The van der Waals surface area contributed by atoms with Gasteiger partial charge in [0, 0.05) is 11.6 Å². The zero-order chi connectivity index (χ0) is 9.54. The Morgan fingerprint density at radius 1 is 1.14 bits per heavy atom. The van der Waals surface area contributed by atoms with E-state index in [4.69, 9.17) is 0 Å². The van der Waals surface area contributed by atoms with Gasteiger partial charge >= 0.3 is 0 Å². The first-order chi connectivity index (χ1) is 6.83. The molecular formula is C12H11NO. The van der Waals surface area contributed by atoms with Gasteiger partial charge in [0.15, 0.2) is 0 Å². The number of aromatic amines is 1. The smallest absolute Gasteiger partial charge is 0.248 e. The van der Waals surface area contributed by atoms with E-state index in [-0.39, 0.29) is 5.56 Å². The number of nitrogens with one attached hydrogen (secondary N) is 1. The molecule has 70 valence electrons. The lowest BCUT2D eigenvalue weighted by Gasteiger charge is -2.00. The number of hydrogen-bond acceptors (Lipinski definition) is 1. The van der Waals surface area contributed by atoms with E-state index in [0.717, 1.165) is 16.8 Å². The standard InChI is InChI=1S/C12H11NO/c14-12-6-5-9-3-4-10(8-1-2-8)7-11(9)13-12/h3-8H,1-2H2,(H,13,14). The van der Waals surface area contributed by atoms with E-state index in [9.17, 15) is 4.79 Å². The van der Waals surface area contributed by atoms with E-state index >= 15 is 0 Å². The number of rotatable bonds is 1. The van der Waals surface area contributed by atoms with Crippen LogP contribution in [0.5, 0.6) is 0 Å². The summed E-state index contributed by atoms with van der Waals surface area (Å²) in [5.74, 6) is 0.739. The van der Waals surface area contributed by atoms with Crippen molar-refractivity contribution < 1.29 is 0 Å². The predicted octanol–water partition coefficient (Wildman–Crippen LogP) is 2.41. The van der Waals surface area contributed by atoms with Crippen LogP contribution in [0.2, 0.25) is 0 Å². The summed E-state index contributed by atoms with van der Waals surface area (Å²) < 4.78 is 0. The van der Waals surface area contributed by atoms with Crippen molar-refractivity contribution in [1.29, 1.82) is 0 Å². The van der Waals surface area contributed by atoms with Gasteiger partial charge in [-0.3, -0.25) is 4.79 Å². The van der Waals surface area contributed by atoms with Crippen molar-refractivity contribution in [3.05, 3.63) is 46.2 Å². The van der Waals surface area contributed by atoms with Gasteiger partial charge in [0.1, 0.15) is 0 Å². The molecule has 1 saturated carbocycles. The van der Waals surface area contributed by atoms with Crippen molar-refractivity contribution in [3.63, 3.8) is 0 Å². The molecule has 1 aliphatic rings. The van der Waals surface area contributed by atoms with Crippen molar-refractivity contribution in [2.24, 2.45) is 0 Å². The minimum absolute atomic E-state index is 0.0227. The first-order valence-electron chi connectivity index (χ1n) is 4.96. The van der Waals surface area contributed by atoms with Crippen LogP contribution < -0.4 is 5.56 Å². The molecule has 14 heavy (non-hydrogen) atoms. The molecule has 0 radical (unpaired) electrons. The molecule has 0 unspecified atom stereocenters. The van der Waals surface area contributed by atoms with Gasteiger partial charge < -0.3 is 4.98 Å². The topological polar surface area (TPSA) is 32.9 Å². The van der Waals surface area contributed by atoms with Crippen LogP contribution in [-0.4, -0.2) is 4.98 Å². The predicted molar refractivity (Wildman–Crippen MR) is 56.5 cm³/mol. The second-order valence-electron chi connectivity index (χ2n) is 3.94. The van der Waals surface area contributed by atoms with Gasteiger partial charge in [0.05, 0.1) is 0 Å².